The number of benzene rings is 3. The molecule has 0 unspecified atom stereocenters. The first-order chi connectivity index (χ1) is 16.2. The third kappa shape index (κ3) is 5.29. The Kier molecular flexibility index (Phi) is 7.00. The van der Waals surface area contributed by atoms with Crippen molar-refractivity contribution in [1.82, 2.24) is 4.68 Å². The van der Waals surface area contributed by atoms with Gasteiger partial charge in [-0.05, 0) is 54.6 Å². The molecule has 4 rings (SSSR count). The van der Waals surface area contributed by atoms with E-state index in [0.29, 0.717) is 31.7 Å². The molecule has 0 saturated carbocycles. The molecule has 7 nitrogen and oxygen atoms in total. The Bertz CT molecular complexity index is 1430. The van der Waals surface area contributed by atoms with E-state index in [0.717, 1.165) is 0 Å². The highest BCUT2D eigenvalue weighted by molar-refractivity contribution is 6.44. The number of nitrogens with zero attached hydrogens (tertiary/aromatic N) is 1. The van der Waals surface area contributed by atoms with Gasteiger partial charge in [0.15, 0.2) is 0 Å². The summed E-state index contributed by atoms with van der Waals surface area (Å²) in [5.41, 5.74) is 3.54. The SMILES string of the molecule is O=C(Nc1ccccc1Cl)C(=O)Nn1c(C(=O)Nc2cc(Cl)cc(Cl)c2)cc2cc(Cl)ccc21. The number of hydrogen-bond donors (Lipinski definition) is 3. The average molecular weight is 536 g/mol. The molecule has 1 heterocycles. The third-order valence-electron chi connectivity index (χ3n) is 4.66. The van der Waals surface area contributed by atoms with Crippen LogP contribution in [0, 0.1) is 0 Å². The molecule has 3 amide bonds. The molecule has 0 atom stereocenters. The van der Waals surface area contributed by atoms with Crippen molar-refractivity contribution in [2.45, 2.75) is 0 Å². The topological polar surface area (TPSA) is 92.2 Å². The van der Waals surface area contributed by atoms with Crippen molar-refractivity contribution in [3.63, 3.8) is 0 Å². The van der Waals surface area contributed by atoms with E-state index in [1.165, 1.54) is 28.9 Å². The minimum Gasteiger partial charge on any atom is -0.321 e. The molecule has 4 aromatic rings. The summed E-state index contributed by atoms with van der Waals surface area (Å²) in [6.07, 6.45) is 0. The zero-order chi connectivity index (χ0) is 24.4. The molecule has 1 aromatic heterocycles. The van der Waals surface area contributed by atoms with Gasteiger partial charge in [0.25, 0.3) is 5.91 Å². The average Bonchev–Trinajstić information content (AvgIpc) is 3.12. The minimum atomic E-state index is -1.02. The van der Waals surface area contributed by atoms with Crippen molar-refractivity contribution in [2.24, 2.45) is 0 Å². The van der Waals surface area contributed by atoms with Gasteiger partial charge in [-0.2, -0.15) is 0 Å². The molecule has 172 valence electrons. The molecule has 11 heteroatoms. The zero-order valence-corrected chi connectivity index (χ0v) is 20.1. The molecule has 0 aliphatic rings. The van der Waals surface area contributed by atoms with Crippen molar-refractivity contribution in [3.05, 3.63) is 92.5 Å². The number of carbonyl (C=O) groups is 3. The summed E-state index contributed by atoms with van der Waals surface area (Å²) in [6.45, 7) is 0. The number of para-hydroxylation sites is 1. The van der Waals surface area contributed by atoms with E-state index in [1.807, 2.05) is 0 Å². The van der Waals surface area contributed by atoms with Crippen LogP contribution in [0.3, 0.4) is 0 Å². The van der Waals surface area contributed by atoms with Crippen LogP contribution in [0.5, 0.6) is 0 Å². The van der Waals surface area contributed by atoms with E-state index < -0.39 is 17.7 Å². The number of anilines is 2. The van der Waals surface area contributed by atoms with E-state index in [9.17, 15) is 14.4 Å². The number of amides is 3. The third-order valence-corrected chi connectivity index (χ3v) is 5.66. The summed E-state index contributed by atoms with van der Waals surface area (Å²) in [4.78, 5) is 38.2. The Morgan fingerprint density at radius 3 is 2.12 bits per heavy atom. The second-order valence-electron chi connectivity index (χ2n) is 7.06. The number of hydrogen-bond acceptors (Lipinski definition) is 3. The summed E-state index contributed by atoms with van der Waals surface area (Å²) in [5.74, 6) is -2.58. The number of nitrogens with one attached hydrogen (secondary N) is 3. The van der Waals surface area contributed by atoms with Gasteiger partial charge in [-0.25, -0.2) is 4.68 Å². The minimum absolute atomic E-state index is 0.0345. The second-order valence-corrected chi connectivity index (χ2v) is 8.77. The van der Waals surface area contributed by atoms with E-state index in [1.54, 1.807) is 42.5 Å². The maximum absolute atomic E-state index is 13.1. The molecule has 3 aromatic carbocycles. The summed E-state index contributed by atoms with van der Waals surface area (Å²) in [5, 5.41) is 7.04. The van der Waals surface area contributed by atoms with Crippen LogP contribution in [0.4, 0.5) is 11.4 Å². The van der Waals surface area contributed by atoms with Crippen LogP contribution >= 0.6 is 46.4 Å². The fourth-order valence-electron chi connectivity index (χ4n) is 3.19. The van der Waals surface area contributed by atoms with Crippen LogP contribution in [-0.2, 0) is 9.59 Å². The Morgan fingerprint density at radius 2 is 1.41 bits per heavy atom. The van der Waals surface area contributed by atoms with Crippen molar-refractivity contribution >= 4 is 86.4 Å². The van der Waals surface area contributed by atoms with Crippen LogP contribution in [0.2, 0.25) is 20.1 Å². The molecule has 34 heavy (non-hydrogen) atoms. The van der Waals surface area contributed by atoms with Crippen LogP contribution in [0.15, 0.2) is 66.7 Å². The number of fused-ring (bicyclic) bond motifs is 1. The van der Waals surface area contributed by atoms with Gasteiger partial charge in [-0.1, -0.05) is 58.5 Å². The van der Waals surface area contributed by atoms with E-state index in [4.69, 9.17) is 46.4 Å². The highest BCUT2D eigenvalue weighted by Gasteiger charge is 2.22. The standard InChI is InChI=1S/C23H14Cl4N4O3/c24-13-5-6-19-12(7-13)8-20(21(32)28-16-10-14(25)9-15(26)11-16)31(19)30-23(34)22(33)29-18-4-2-1-3-17(18)27/h1-11H,(H,28,32)(H,29,33)(H,30,34). The predicted molar refractivity (Wildman–Crippen MR) is 136 cm³/mol. The van der Waals surface area contributed by atoms with Crippen molar-refractivity contribution in [1.29, 1.82) is 0 Å². The molecule has 0 spiro atoms. The smallest absolute Gasteiger partial charge is 0.321 e. The van der Waals surface area contributed by atoms with Crippen LogP contribution < -0.4 is 16.1 Å². The first-order valence-corrected chi connectivity index (χ1v) is 11.2. The molecule has 0 saturated heterocycles. The predicted octanol–water partition coefficient (Wildman–Crippen LogP) is 6.22. The summed E-state index contributed by atoms with van der Waals surface area (Å²) in [7, 11) is 0. The van der Waals surface area contributed by atoms with E-state index >= 15 is 0 Å². The largest absolute Gasteiger partial charge is 0.328 e. The van der Waals surface area contributed by atoms with Crippen LogP contribution in [-0.4, -0.2) is 22.4 Å². The summed E-state index contributed by atoms with van der Waals surface area (Å²) >= 11 is 24.1. The molecule has 0 radical (unpaired) electrons. The van der Waals surface area contributed by atoms with Gasteiger partial charge < -0.3 is 10.6 Å². The second kappa shape index (κ2) is 9.95. The molecule has 0 bridgehead atoms. The highest BCUT2D eigenvalue weighted by Crippen LogP contribution is 2.26. The van der Waals surface area contributed by atoms with Gasteiger partial charge in [0, 0.05) is 26.1 Å². The maximum Gasteiger partial charge on any atom is 0.328 e. The number of carbonyl (C=O) groups excluding carboxylic acids is 3. The fourth-order valence-corrected chi connectivity index (χ4v) is 4.08. The van der Waals surface area contributed by atoms with Gasteiger partial charge in [-0.15, -0.1) is 0 Å². The number of halogens is 4. The van der Waals surface area contributed by atoms with Crippen LogP contribution in [0.25, 0.3) is 10.9 Å². The molecule has 0 aliphatic heterocycles. The zero-order valence-electron chi connectivity index (χ0n) is 17.0. The normalized spacial score (nSPS) is 10.7. The van der Waals surface area contributed by atoms with Gasteiger partial charge >= 0.3 is 11.8 Å². The summed E-state index contributed by atoms with van der Waals surface area (Å²) < 4.78 is 1.20. The molecular weight excluding hydrogens is 522 g/mol. The fraction of sp³-hybridized carbons (Fsp3) is 0. The van der Waals surface area contributed by atoms with Gasteiger partial charge in [0.1, 0.15) is 5.69 Å². The Morgan fingerprint density at radius 1 is 0.706 bits per heavy atom. The van der Waals surface area contributed by atoms with Gasteiger partial charge in [0.05, 0.1) is 16.2 Å². The Hall–Kier alpha value is -3.23. The Balaban J connectivity index is 1.65. The molecule has 0 fully saturated rings. The number of aromatic nitrogens is 1. The van der Waals surface area contributed by atoms with Crippen LogP contribution in [0.1, 0.15) is 10.5 Å². The summed E-state index contributed by atoms with van der Waals surface area (Å²) in [6, 6.07) is 17.4. The lowest BCUT2D eigenvalue weighted by atomic mass is 10.2. The Labute approximate surface area is 213 Å². The quantitative estimate of drug-likeness (QED) is 0.271. The monoisotopic (exact) mass is 534 g/mol. The maximum atomic E-state index is 13.1. The number of rotatable bonds is 4. The highest BCUT2D eigenvalue weighted by atomic mass is 35.5. The van der Waals surface area contributed by atoms with E-state index in [2.05, 4.69) is 16.1 Å². The lowest BCUT2D eigenvalue weighted by Gasteiger charge is -2.13. The molecule has 3 N–H and O–H groups in total. The molecule has 0 aliphatic carbocycles. The van der Waals surface area contributed by atoms with E-state index in [-0.39, 0.29) is 16.4 Å². The first kappa shape index (κ1) is 23.9. The van der Waals surface area contributed by atoms with Crippen molar-refractivity contribution in [3.8, 4) is 0 Å². The van der Waals surface area contributed by atoms with Gasteiger partial charge in [0.2, 0.25) is 0 Å². The lowest BCUT2D eigenvalue weighted by molar-refractivity contribution is -0.133. The van der Waals surface area contributed by atoms with Gasteiger partial charge in [-0.3, -0.25) is 19.8 Å². The lowest BCUT2D eigenvalue weighted by Crippen LogP contribution is -2.36. The molecular formula is C23H14Cl4N4O3. The first-order valence-electron chi connectivity index (χ1n) is 9.66. The van der Waals surface area contributed by atoms with Crippen molar-refractivity contribution in [2.75, 3.05) is 16.1 Å². The van der Waals surface area contributed by atoms with Crippen molar-refractivity contribution < 1.29 is 14.4 Å².